The van der Waals surface area contributed by atoms with Crippen LogP contribution >= 0.6 is 0 Å². The van der Waals surface area contributed by atoms with Gasteiger partial charge in [0.1, 0.15) is 6.61 Å². The predicted octanol–water partition coefficient (Wildman–Crippen LogP) is 7.11. The highest BCUT2D eigenvalue weighted by atomic mass is 16.6. The van der Waals surface area contributed by atoms with Crippen molar-refractivity contribution in [3.05, 3.63) is 59.2 Å². The molecule has 6 rings (SSSR count). The van der Waals surface area contributed by atoms with Crippen molar-refractivity contribution in [3.8, 4) is 0 Å². The van der Waals surface area contributed by atoms with Crippen molar-refractivity contribution in [1.82, 2.24) is 4.90 Å². The number of ether oxygens (including phenoxy) is 1. The van der Waals surface area contributed by atoms with Crippen molar-refractivity contribution in [2.75, 3.05) is 6.54 Å². The van der Waals surface area contributed by atoms with Gasteiger partial charge < -0.3 is 21.3 Å². The third-order valence-corrected chi connectivity index (χ3v) is 13.8. The normalized spacial score (nSPS) is 43.9. The Morgan fingerprint density at radius 3 is 2.55 bits per heavy atom. The van der Waals surface area contributed by atoms with Crippen LogP contribution in [0, 0.1) is 34.0 Å². The molecular formula is C38H57N3O3. The number of likely N-dealkylation sites (tertiary alicyclic amines) is 1. The molecule has 5 aliphatic rings. The molecule has 6 nitrogen and oxygen atoms in total. The summed E-state index contributed by atoms with van der Waals surface area (Å²) in [6.45, 7) is 17.2. The van der Waals surface area contributed by atoms with Gasteiger partial charge in [-0.05, 0) is 116 Å². The van der Waals surface area contributed by atoms with Crippen LogP contribution in [0.3, 0.4) is 0 Å². The van der Waals surface area contributed by atoms with Gasteiger partial charge in [-0.1, -0.05) is 75.8 Å². The van der Waals surface area contributed by atoms with Gasteiger partial charge in [-0.3, -0.25) is 4.90 Å². The number of hydrogen-bond donors (Lipinski definition) is 3. The highest BCUT2D eigenvalue weighted by Crippen LogP contribution is 2.70. The topological polar surface area (TPSA) is 102 Å². The molecule has 4 aliphatic carbocycles. The van der Waals surface area contributed by atoms with Crippen LogP contribution in [0.5, 0.6) is 0 Å². The summed E-state index contributed by atoms with van der Waals surface area (Å²) >= 11 is 0. The number of nitrogens with two attached hydrogens (primary N) is 2. The second-order valence-electron chi connectivity index (χ2n) is 16.5. The number of benzene rings is 1. The number of aliphatic hydroxyl groups excluding tert-OH is 1. The highest BCUT2D eigenvalue weighted by Gasteiger charge is 2.67. The van der Waals surface area contributed by atoms with Crippen LogP contribution < -0.4 is 11.5 Å². The first-order valence-electron chi connectivity index (χ1n) is 17.3. The van der Waals surface area contributed by atoms with Gasteiger partial charge in [0.25, 0.3) is 0 Å². The summed E-state index contributed by atoms with van der Waals surface area (Å²) in [6, 6.07) is 9.62. The molecule has 44 heavy (non-hydrogen) atoms. The number of carbonyl (C=O) groups excluding carboxylic acids is 1. The number of aliphatic hydroxyl groups is 1. The van der Waals surface area contributed by atoms with Crippen LogP contribution in [-0.2, 0) is 11.3 Å². The lowest BCUT2D eigenvalue weighted by atomic mass is 9.42. The lowest BCUT2D eigenvalue weighted by molar-refractivity contribution is -0.118. The van der Waals surface area contributed by atoms with Gasteiger partial charge in [0, 0.05) is 18.1 Å². The van der Waals surface area contributed by atoms with E-state index >= 15 is 0 Å². The summed E-state index contributed by atoms with van der Waals surface area (Å²) in [5.41, 5.74) is 19.0. The number of nitrogens with zero attached hydrogens (tertiary/aromatic N) is 1. The zero-order chi connectivity index (χ0) is 31.7. The lowest BCUT2D eigenvalue weighted by Gasteiger charge is -2.65. The number of fused-ring (bicyclic) bond motifs is 5. The monoisotopic (exact) mass is 603 g/mol. The SMILES string of the molecule is C=C([C@H]1[C@H](O)C[C@H](C)CN1C(=O)OCc1ccccc1)[C@]1(C)CC[C@@H]2C(=C(C)C1)C[C@@]1(N)[C@H]2CC[C@]2(C)C[C@H](N)CCC21C. The molecule has 0 bridgehead atoms. The molecule has 3 saturated carbocycles. The average Bonchev–Trinajstić information content (AvgIpc) is 3.22. The van der Waals surface area contributed by atoms with E-state index in [0.29, 0.717) is 30.8 Å². The van der Waals surface area contributed by atoms with Crippen molar-refractivity contribution in [3.63, 3.8) is 0 Å². The summed E-state index contributed by atoms with van der Waals surface area (Å²) < 4.78 is 5.81. The van der Waals surface area contributed by atoms with Crippen molar-refractivity contribution < 1.29 is 14.6 Å². The molecule has 1 aliphatic heterocycles. The van der Waals surface area contributed by atoms with E-state index < -0.39 is 12.1 Å². The molecule has 1 saturated heterocycles. The molecule has 1 heterocycles. The van der Waals surface area contributed by atoms with Gasteiger partial charge in [0.15, 0.2) is 0 Å². The average molecular weight is 604 g/mol. The zero-order valence-corrected chi connectivity index (χ0v) is 27.9. The summed E-state index contributed by atoms with van der Waals surface area (Å²) in [5.74, 6) is 1.17. The quantitative estimate of drug-likeness (QED) is 0.319. The first-order chi connectivity index (χ1) is 20.7. The first-order valence-corrected chi connectivity index (χ1v) is 17.3. The second-order valence-corrected chi connectivity index (χ2v) is 16.5. The Hall–Kier alpha value is -2.15. The number of rotatable bonds is 4. The maximum atomic E-state index is 13.6. The zero-order valence-electron chi connectivity index (χ0n) is 27.9. The van der Waals surface area contributed by atoms with E-state index in [2.05, 4.69) is 41.2 Å². The van der Waals surface area contributed by atoms with Crippen LogP contribution in [-0.4, -0.2) is 46.4 Å². The smallest absolute Gasteiger partial charge is 0.410 e. The lowest BCUT2D eigenvalue weighted by Crippen LogP contribution is -2.68. The van der Waals surface area contributed by atoms with Gasteiger partial charge in [0.2, 0.25) is 0 Å². The highest BCUT2D eigenvalue weighted by molar-refractivity contribution is 5.69. The summed E-state index contributed by atoms with van der Waals surface area (Å²) in [5, 5.41) is 11.5. The largest absolute Gasteiger partial charge is 0.445 e. The van der Waals surface area contributed by atoms with E-state index in [9.17, 15) is 9.90 Å². The fraction of sp³-hybridized carbons (Fsp3) is 0.711. The van der Waals surface area contributed by atoms with E-state index in [-0.39, 0.29) is 40.4 Å². The van der Waals surface area contributed by atoms with Gasteiger partial charge in [-0.2, -0.15) is 0 Å². The Labute approximate surface area is 265 Å². The fourth-order valence-electron chi connectivity index (χ4n) is 11.0. The third kappa shape index (κ3) is 4.98. The minimum Gasteiger partial charge on any atom is -0.445 e. The molecule has 1 aromatic rings. The number of carbonyl (C=O) groups is 1. The molecule has 1 amide bonds. The molecule has 0 aromatic heterocycles. The van der Waals surface area contributed by atoms with Crippen LogP contribution in [0.2, 0.25) is 0 Å². The first kappa shape index (κ1) is 31.8. The minimum atomic E-state index is -0.659. The summed E-state index contributed by atoms with van der Waals surface area (Å²) in [6.07, 6.45) is 9.24. The maximum Gasteiger partial charge on any atom is 0.410 e. The molecule has 1 aromatic carbocycles. The van der Waals surface area contributed by atoms with E-state index in [0.717, 1.165) is 56.1 Å². The molecule has 0 spiro atoms. The standard InChI is InChI=1S/C38H57N3O3/c1-24-18-32(42)33(41(22-24)34(43)44-23-27-10-8-7-9-11-27)26(3)35(4)15-13-29-30(25(2)19-35)21-38(40)31(29)14-16-36(5)20-28(39)12-17-37(36,38)6/h7-11,24,28-29,31-33,42H,3,12-23,39-40H2,1-2,4-6H3/t24-,28+,29+,31-,32+,33-,35+,36+,37?,38+/m0/s1. The number of piperidine rings is 1. The van der Waals surface area contributed by atoms with Crippen molar-refractivity contribution >= 4 is 6.09 Å². The second kappa shape index (κ2) is 11.3. The minimum absolute atomic E-state index is 0.0919. The molecular weight excluding hydrogens is 546 g/mol. The van der Waals surface area contributed by atoms with Crippen LogP contribution in [0.25, 0.3) is 0 Å². The van der Waals surface area contributed by atoms with Crippen LogP contribution in [0.4, 0.5) is 4.79 Å². The molecule has 0 radical (unpaired) electrons. The molecule has 10 atom stereocenters. The third-order valence-electron chi connectivity index (χ3n) is 13.8. The Bertz CT molecular complexity index is 1310. The maximum absolute atomic E-state index is 13.6. The van der Waals surface area contributed by atoms with Gasteiger partial charge >= 0.3 is 6.09 Å². The van der Waals surface area contributed by atoms with Gasteiger partial charge in [0.05, 0.1) is 12.1 Å². The van der Waals surface area contributed by atoms with E-state index in [1.807, 2.05) is 30.3 Å². The Morgan fingerprint density at radius 1 is 1.09 bits per heavy atom. The van der Waals surface area contributed by atoms with Crippen LogP contribution in [0.15, 0.2) is 53.6 Å². The molecule has 1 unspecified atom stereocenters. The molecule has 4 fully saturated rings. The Kier molecular flexibility index (Phi) is 8.15. The Morgan fingerprint density at radius 2 is 1.82 bits per heavy atom. The number of allylic oxidation sites excluding steroid dienone is 1. The summed E-state index contributed by atoms with van der Waals surface area (Å²) in [7, 11) is 0. The van der Waals surface area contributed by atoms with Crippen molar-refractivity contribution in [1.29, 1.82) is 0 Å². The van der Waals surface area contributed by atoms with E-state index in [1.54, 1.807) is 10.5 Å². The van der Waals surface area contributed by atoms with Gasteiger partial charge in [-0.25, -0.2) is 4.79 Å². The molecule has 6 heteroatoms. The molecule has 5 N–H and O–H groups in total. The Balaban J connectivity index is 1.24. The number of amides is 1. The van der Waals surface area contributed by atoms with E-state index in [4.69, 9.17) is 16.2 Å². The predicted molar refractivity (Wildman–Crippen MR) is 176 cm³/mol. The number of hydrogen-bond acceptors (Lipinski definition) is 5. The van der Waals surface area contributed by atoms with Crippen molar-refractivity contribution in [2.24, 2.45) is 45.5 Å². The molecule has 242 valence electrons. The fourth-order valence-corrected chi connectivity index (χ4v) is 11.0. The van der Waals surface area contributed by atoms with Crippen molar-refractivity contribution in [2.45, 2.75) is 129 Å². The van der Waals surface area contributed by atoms with Gasteiger partial charge in [-0.15, -0.1) is 0 Å². The van der Waals surface area contributed by atoms with E-state index in [1.165, 1.54) is 18.4 Å². The summed E-state index contributed by atoms with van der Waals surface area (Å²) in [4.78, 5) is 15.3. The van der Waals surface area contributed by atoms with Crippen LogP contribution in [0.1, 0.15) is 104 Å².